The predicted octanol–water partition coefficient (Wildman–Crippen LogP) is 5.69. The normalized spacial score (nSPS) is 11.1. The highest BCUT2D eigenvalue weighted by Crippen LogP contribution is 2.29. The van der Waals surface area contributed by atoms with Crippen LogP contribution in [0.1, 0.15) is 5.56 Å². The zero-order chi connectivity index (χ0) is 13.1. The van der Waals surface area contributed by atoms with E-state index < -0.39 is 0 Å². The van der Waals surface area contributed by atoms with Crippen molar-refractivity contribution >= 4 is 59.3 Å². The fourth-order valence-electron chi connectivity index (χ4n) is 1.38. The van der Waals surface area contributed by atoms with Gasteiger partial charge in [0.05, 0.1) is 15.7 Å². The summed E-state index contributed by atoms with van der Waals surface area (Å²) >= 11 is 22.2. The average molecular weight is 317 g/mol. The number of halogens is 3. The summed E-state index contributed by atoms with van der Waals surface area (Å²) < 4.78 is 0. The summed E-state index contributed by atoms with van der Waals surface area (Å²) in [5.74, 6) is 0. The molecule has 0 aliphatic rings. The van der Waals surface area contributed by atoms with E-state index in [2.05, 4.69) is 17.6 Å². The molecule has 0 saturated heterocycles. The average Bonchev–Trinajstić information content (AvgIpc) is 2.33. The minimum absolute atomic E-state index is 0.407. The topological polar surface area (TPSA) is 12.4 Å². The van der Waals surface area contributed by atoms with Crippen LogP contribution in [0.2, 0.25) is 15.1 Å². The molecule has 5 heteroatoms. The van der Waals surface area contributed by atoms with Gasteiger partial charge in [0.15, 0.2) is 0 Å². The molecule has 0 atom stereocenters. The maximum atomic E-state index is 6.07. The van der Waals surface area contributed by atoms with Crippen molar-refractivity contribution in [2.24, 2.45) is 4.99 Å². The van der Waals surface area contributed by atoms with Crippen LogP contribution >= 0.6 is 47.4 Å². The van der Waals surface area contributed by atoms with E-state index in [0.29, 0.717) is 20.6 Å². The van der Waals surface area contributed by atoms with Crippen molar-refractivity contribution in [2.75, 3.05) is 0 Å². The first-order valence-electron chi connectivity index (χ1n) is 5.04. The molecule has 92 valence electrons. The quantitative estimate of drug-likeness (QED) is 0.415. The van der Waals surface area contributed by atoms with Gasteiger partial charge in [-0.05, 0) is 24.3 Å². The van der Waals surface area contributed by atoms with Crippen LogP contribution in [0.3, 0.4) is 0 Å². The molecule has 0 bridgehead atoms. The fraction of sp³-hybridized carbons (Fsp3) is 0. The van der Waals surface area contributed by atoms with Crippen LogP contribution in [-0.4, -0.2) is 6.21 Å². The lowest BCUT2D eigenvalue weighted by Crippen LogP contribution is -1.84. The second-order valence-electron chi connectivity index (χ2n) is 3.54. The van der Waals surface area contributed by atoms with Gasteiger partial charge in [-0.2, -0.15) is 0 Å². The van der Waals surface area contributed by atoms with Crippen LogP contribution in [-0.2, 0) is 0 Å². The summed E-state index contributed by atoms with van der Waals surface area (Å²) in [5, 5.41) is 1.36. The minimum Gasteiger partial charge on any atom is -0.255 e. The van der Waals surface area contributed by atoms with Gasteiger partial charge >= 0.3 is 0 Å². The maximum absolute atomic E-state index is 6.07. The second-order valence-corrected chi connectivity index (χ2v) is 5.24. The van der Waals surface area contributed by atoms with Gasteiger partial charge in [0, 0.05) is 21.7 Å². The zero-order valence-electron chi connectivity index (χ0n) is 9.07. The minimum atomic E-state index is 0.407. The van der Waals surface area contributed by atoms with E-state index in [0.717, 1.165) is 10.6 Å². The third kappa shape index (κ3) is 3.21. The van der Waals surface area contributed by atoms with E-state index in [1.807, 2.05) is 24.3 Å². The molecule has 2 aromatic carbocycles. The Morgan fingerprint density at radius 3 is 2.50 bits per heavy atom. The van der Waals surface area contributed by atoms with Gasteiger partial charge in [-0.15, -0.1) is 12.6 Å². The van der Waals surface area contributed by atoms with Crippen molar-refractivity contribution in [3.8, 4) is 0 Å². The summed E-state index contributed by atoms with van der Waals surface area (Å²) in [4.78, 5) is 5.11. The third-order valence-electron chi connectivity index (χ3n) is 2.25. The molecular formula is C13H8Cl3NS. The summed E-state index contributed by atoms with van der Waals surface area (Å²) in [7, 11) is 0. The van der Waals surface area contributed by atoms with Crippen molar-refractivity contribution in [2.45, 2.75) is 4.90 Å². The van der Waals surface area contributed by atoms with Crippen molar-refractivity contribution in [3.05, 3.63) is 57.0 Å². The van der Waals surface area contributed by atoms with Crippen LogP contribution in [0.25, 0.3) is 0 Å². The molecule has 0 aliphatic carbocycles. The molecular weight excluding hydrogens is 309 g/mol. The van der Waals surface area contributed by atoms with Crippen LogP contribution in [0.4, 0.5) is 5.69 Å². The Morgan fingerprint density at radius 1 is 1.06 bits per heavy atom. The molecule has 0 fully saturated rings. The molecule has 0 saturated carbocycles. The lowest BCUT2D eigenvalue weighted by atomic mass is 10.2. The smallest absolute Gasteiger partial charge is 0.0763 e. The molecule has 0 heterocycles. The largest absolute Gasteiger partial charge is 0.255 e. The number of nitrogens with zero attached hydrogens (tertiary/aromatic N) is 1. The summed E-state index contributed by atoms with van der Waals surface area (Å²) in [6.45, 7) is 0. The highest BCUT2D eigenvalue weighted by atomic mass is 35.5. The molecule has 2 aromatic rings. The first-order valence-corrected chi connectivity index (χ1v) is 6.62. The lowest BCUT2D eigenvalue weighted by Gasteiger charge is -2.02. The molecule has 0 aliphatic heterocycles. The number of hydrogen-bond donors (Lipinski definition) is 1. The van der Waals surface area contributed by atoms with Gasteiger partial charge in [-0.25, -0.2) is 0 Å². The Labute approximate surface area is 126 Å². The lowest BCUT2D eigenvalue weighted by molar-refractivity contribution is 1.39. The second kappa shape index (κ2) is 5.98. The zero-order valence-corrected chi connectivity index (χ0v) is 12.2. The van der Waals surface area contributed by atoms with Crippen molar-refractivity contribution in [3.63, 3.8) is 0 Å². The summed E-state index contributed by atoms with van der Waals surface area (Å²) in [5.41, 5.74) is 1.43. The van der Waals surface area contributed by atoms with Gasteiger partial charge in [0.2, 0.25) is 0 Å². The Bertz CT molecular complexity index is 611. The summed E-state index contributed by atoms with van der Waals surface area (Å²) in [6, 6.07) is 10.8. The van der Waals surface area contributed by atoms with Crippen LogP contribution in [0.15, 0.2) is 46.3 Å². The molecule has 0 unspecified atom stereocenters. The fourth-order valence-corrected chi connectivity index (χ4v) is 2.27. The molecule has 1 nitrogen and oxygen atoms in total. The standard InChI is InChI=1S/C13H8Cl3NS/c14-9-5-8(13(16)10(15)6-9)7-17-11-3-1-2-4-12(11)18/h1-7,18H. The number of aliphatic imine (C=N–C) groups is 1. The monoisotopic (exact) mass is 315 g/mol. The molecule has 0 amide bonds. The van der Waals surface area contributed by atoms with Gasteiger partial charge < -0.3 is 0 Å². The first-order chi connectivity index (χ1) is 8.58. The van der Waals surface area contributed by atoms with Gasteiger partial charge in [0.25, 0.3) is 0 Å². The predicted molar refractivity (Wildman–Crippen MR) is 82.4 cm³/mol. The Hall–Kier alpha value is -0.670. The molecule has 0 spiro atoms. The van der Waals surface area contributed by atoms with Gasteiger partial charge in [-0.1, -0.05) is 46.9 Å². The summed E-state index contributed by atoms with van der Waals surface area (Å²) in [6.07, 6.45) is 1.62. The van der Waals surface area contributed by atoms with E-state index in [-0.39, 0.29) is 0 Å². The number of thiol groups is 1. The number of benzene rings is 2. The molecule has 0 N–H and O–H groups in total. The Morgan fingerprint density at radius 2 is 1.78 bits per heavy atom. The number of para-hydroxylation sites is 1. The van der Waals surface area contributed by atoms with E-state index >= 15 is 0 Å². The third-order valence-corrected chi connectivity index (χ3v) is 3.66. The van der Waals surface area contributed by atoms with E-state index in [4.69, 9.17) is 34.8 Å². The SMILES string of the molecule is Sc1ccccc1N=Cc1cc(Cl)cc(Cl)c1Cl. The number of hydrogen-bond acceptors (Lipinski definition) is 2. The molecule has 2 rings (SSSR count). The van der Waals surface area contributed by atoms with E-state index in [9.17, 15) is 0 Å². The molecule has 18 heavy (non-hydrogen) atoms. The van der Waals surface area contributed by atoms with Gasteiger partial charge in [0.1, 0.15) is 0 Å². The van der Waals surface area contributed by atoms with E-state index in [1.54, 1.807) is 18.3 Å². The van der Waals surface area contributed by atoms with Crippen molar-refractivity contribution in [1.29, 1.82) is 0 Å². The number of rotatable bonds is 2. The molecule has 0 radical (unpaired) electrons. The van der Waals surface area contributed by atoms with Crippen LogP contribution in [0, 0.1) is 0 Å². The Kier molecular flexibility index (Phi) is 4.57. The van der Waals surface area contributed by atoms with Crippen molar-refractivity contribution in [1.82, 2.24) is 0 Å². The highest BCUT2D eigenvalue weighted by molar-refractivity contribution is 7.80. The van der Waals surface area contributed by atoms with Gasteiger partial charge in [-0.3, -0.25) is 4.99 Å². The first kappa shape index (κ1) is 13.8. The maximum Gasteiger partial charge on any atom is 0.0763 e. The highest BCUT2D eigenvalue weighted by Gasteiger charge is 2.05. The van der Waals surface area contributed by atoms with Crippen LogP contribution < -0.4 is 0 Å². The van der Waals surface area contributed by atoms with Crippen LogP contribution in [0.5, 0.6) is 0 Å². The molecule has 0 aromatic heterocycles. The van der Waals surface area contributed by atoms with E-state index in [1.165, 1.54) is 0 Å². The Balaban J connectivity index is 2.38. The van der Waals surface area contributed by atoms with Crippen molar-refractivity contribution < 1.29 is 0 Å².